The molecule has 1 aromatic rings. The highest BCUT2D eigenvalue weighted by molar-refractivity contribution is 6.01. The highest BCUT2D eigenvalue weighted by Crippen LogP contribution is 2.33. The molecule has 9 nitrogen and oxygen atoms in total. The summed E-state index contributed by atoms with van der Waals surface area (Å²) in [6.45, 7) is 4.94. The van der Waals surface area contributed by atoms with E-state index >= 15 is 0 Å². The van der Waals surface area contributed by atoms with Gasteiger partial charge in [0.05, 0.1) is 22.6 Å². The molecule has 1 aromatic carbocycles. The third-order valence-corrected chi connectivity index (χ3v) is 3.89. The Labute approximate surface area is 150 Å². The van der Waals surface area contributed by atoms with Gasteiger partial charge in [-0.25, -0.2) is 4.79 Å². The first-order valence-corrected chi connectivity index (χ1v) is 8.09. The minimum atomic E-state index is -1.05. The number of hydrogen-bond donors (Lipinski definition) is 1. The van der Waals surface area contributed by atoms with Crippen LogP contribution in [0.4, 0.5) is 5.69 Å². The highest BCUT2D eigenvalue weighted by Gasteiger charge is 2.41. The molecule has 2 amide bonds. The van der Waals surface area contributed by atoms with Gasteiger partial charge in [0.1, 0.15) is 11.6 Å². The molecule has 0 unspecified atom stereocenters. The number of fused-ring (bicyclic) bond motifs is 1. The molecular weight excluding hydrogens is 342 g/mol. The second-order valence-corrected chi connectivity index (χ2v) is 7.05. The number of primary amides is 1. The maximum atomic E-state index is 12.7. The van der Waals surface area contributed by atoms with Crippen LogP contribution in [0.5, 0.6) is 0 Å². The summed E-state index contributed by atoms with van der Waals surface area (Å²) in [6.07, 6.45) is -0.135. The number of nitrogens with zero attached hydrogens (tertiary/aromatic N) is 2. The van der Waals surface area contributed by atoms with Crippen LogP contribution in [0.1, 0.15) is 49.5 Å². The van der Waals surface area contributed by atoms with Crippen molar-refractivity contribution in [1.82, 2.24) is 4.90 Å². The zero-order valence-corrected chi connectivity index (χ0v) is 14.9. The first-order chi connectivity index (χ1) is 12.0. The number of carbonyl (C=O) groups is 3. The molecule has 0 saturated heterocycles. The Balaban J connectivity index is 2.35. The van der Waals surface area contributed by atoms with Gasteiger partial charge >= 0.3 is 5.97 Å². The fourth-order valence-electron chi connectivity index (χ4n) is 2.81. The molecule has 0 spiro atoms. The summed E-state index contributed by atoms with van der Waals surface area (Å²) >= 11 is 0. The van der Waals surface area contributed by atoms with Gasteiger partial charge in [0, 0.05) is 12.5 Å². The molecule has 0 aliphatic carbocycles. The monoisotopic (exact) mass is 363 g/mol. The number of nitrogens with two attached hydrogens (primary N) is 1. The molecule has 2 N–H and O–H groups in total. The van der Waals surface area contributed by atoms with Crippen LogP contribution in [-0.2, 0) is 20.9 Å². The van der Waals surface area contributed by atoms with E-state index in [0.717, 1.165) is 0 Å². The van der Waals surface area contributed by atoms with Gasteiger partial charge in [-0.2, -0.15) is 0 Å². The smallest absolute Gasteiger partial charge is 0.329 e. The maximum Gasteiger partial charge on any atom is 0.329 e. The molecule has 0 bridgehead atoms. The van der Waals surface area contributed by atoms with Crippen LogP contribution in [-0.4, -0.2) is 39.2 Å². The number of amides is 2. The van der Waals surface area contributed by atoms with E-state index in [0.29, 0.717) is 0 Å². The second kappa shape index (κ2) is 7.11. The van der Waals surface area contributed by atoms with Crippen LogP contribution < -0.4 is 5.73 Å². The van der Waals surface area contributed by atoms with E-state index in [2.05, 4.69) is 0 Å². The van der Waals surface area contributed by atoms with Crippen LogP contribution in [0.15, 0.2) is 18.2 Å². The predicted octanol–water partition coefficient (Wildman–Crippen LogP) is 1.53. The Morgan fingerprint density at radius 3 is 2.58 bits per heavy atom. The van der Waals surface area contributed by atoms with Crippen LogP contribution in [0.25, 0.3) is 0 Å². The Kier molecular flexibility index (Phi) is 5.29. The number of esters is 1. The summed E-state index contributed by atoms with van der Waals surface area (Å²) in [5.74, 6) is -1.81. The van der Waals surface area contributed by atoms with Gasteiger partial charge in [-0.3, -0.25) is 19.7 Å². The van der Waals surface area contributed by atoms with E-state index in [-0.39, 0.29) is 36.2 Å². The number of carbonyl (C=O) groups excluding carboxylic acids is 3. The average molecular weight is 363 g/mol. The van der Waals surface area contributed by atoms with Gasteiger partial charge in [-0.05, 0) is 33.3 Å². The first-order valence-electron chi connectivity index (χ1n) is 8.09. The van der Waals surface area contributed by atoms with Gasteiger partial charge in [0.25, 0.3) is 11.6 Å². The molecule has 0 fully saturated rings. The van der Waals surface area contributed by atoms with E-state index in [9.17, 15) is 24.5 Å². The van der Waals surface area contributed by atoms with Crippen LogP contribution in [0.2, 0.25) is 0 Å². The molecule has 0 saturated carbocycles. The van der Waals surface area contributed by atoms with Crippen LogP contribution in [0, 0.1) is 10.1 Å². The zero-order valence-electron chi connectivity index (χ0n) is 14.9. The zero-order chi connectivity index (χ0) is 19.6. The topological polar surface area (TPSA) is 133 Å². The molecule has 1 aliphatic heterocycles. The Bertz CT molecular complexity index is 768. The Morgan fingerprint density at radius 1 is 1.38 bits per heavy atom. The molecule has 9 heteroatoms. The molecule has 2 rings (SSSR count). The molecule has 1 aliphatic rings. The van der Waals surface area contributed by atoms with Crippen molar-refractivity contribution in [3.05, 3.63) is 39.4 Å². The van der Waals surface area contributed by atoms with Crippen molar-refractivity contribution < 1.29 is 24.0 Å². The molecule has 0 aromatic heterocycles. The van der Waals surface area contributed by atoms with Crippen molar-refractivity contribution in [2.75, 3.05) is 0 Å². The number of ether oxygens (including phenoxy) is 1. The minimum Gasteiger partial charge on any atom is -0.458 e. The lowest BCUT2D eigenvalue weighted by Crippen LogP contribution is -2.45. The summed E-state index contributed by atoms with van der Waals surface area (Å²) in [5.41, 5.74) is 4.61. The van der Waals surface area contributed by atoms with Crippen LogP contribution >= 0.6 is 0 Å². The van der Waals surface area contributed by atoms with Gasteiger partial charge in [0.2, 0.25) is 5.91 Å². The average Bonchev–Trinajstić information content (AvgIpc) is 2.82. The van der Waals surface area contributed by atoms with Crippen molar-refractivity contribution in [2.45, 2.75) is 51.8 Å². The van der Waals surface area contributed by atoms with Crippen molar-refractivity contribution in [3.63, 3.8) is 0 Å². The number of benzene rings is 1. The molecule has 0 radical (unpaired) electrons. The summed E-state index contributed by atoms with van der Waals surface area (Å²) in [5, 5.41) is 11.2. The fraction of sp³-hybridized carbons (Fsp3) is 0.471. The largest absolute Gasteiger partial charge is 0.458 e. The van der Waals surface area contributed by atoms with Gasteiger partial charge in [-0.15, -0.1) is 0 Å². The summed E-state index contributed by atoms with van der Waals surface area (Å²) in [6, 6.07) is 3.15. The van der Waals surface area contributed by atoms with E-state index in [1.54, 1.807) is 20.8 Å². The van der Waals surface area contributed by atoms with Crippen LogP contribution in [0.3, 0.4) is 0 Å². The summed E-state index contributed by atoms with van der Waals surface area (Å²) in [4.78, 5) is 48.3. The fourth-order valence-corrected chi connectivity index (χ4v) is 2.81. The van der Waals surface area contributed by atoms with E-state index in [4.69, 9.17) is 10.5 Å². The predicted molar refractivity (Wildman–Crippen MR) is 91.0 cm³/mol. The lowest BCUT2D eigenvalue weighted by Gasteiger charge is -2.29. The van der Waals surface area contributed by atoms with Crippen molar-refractivity contribution in [3.8, 4) is 0 Å². The molecule has 140 valence electrons. The molecular formula is C17H21N3O6. The lowest BCUT2D eigenvalue weighted by molar-refractivity contribution is -0.385. The van der Waals surface area contributed by atoms with Crippen molar-refractivity contribution >= 4 is 23.5 Å². The molecule has 26 heavy (non-hydrogen) atoms. The number of nitro benzene ring substituents is 1. The van der Waals surface area contributed by atoms with E-state index < -0.39 is 34.3 Å². The van der Waals surface area contributed by atoms with Crippen molar-refractivity contribution in [2.24, 2.45) is 5.73 Å². The Morgan fingerprint density at radius 2 is 2.04 bits per heavy atom. The molecule has 1 atom stereocenters. The summed E-state index contributed by atoms with van der Waals surface area (Å²) in [7, 11) is 0. The Hall–Kier alpha value is -2.97. The van der Waals surface area contributed by atoms with Gasteiger partial charge < -0.3 is 15.4 Å². The van der Waals surface area contributed by atoms with E-state index in [1.165, 1.54) is 23.1 Å². The maximum absolute atomic E-state index is 12.7. The number of nitro groups is 1. The minimum absolute atomic E-state index is 0.0161. The quantitative estimate of drug-likeness (QED) is 0.463. The third-order valence-electron chi connectivity index (χ3n) is 3.89. The molecule has 1 heterocycles. The normalized spacial score (nSPS) is 14.7. The SMILES string of the molecule is CC(C)(C)OC(=O)[C@H](CCC(N)=O)N1Cc2c(cccc2[N+](=O)[O-])C1=O. The van der Waals surface area contributed by atoms with Crippen molar-refractivity contribution in [1.29, 1.82) is 0 Å². The first kappa shape index (κ1) is 19.4. The van der Waals surface area contributed by atoms with Gasteiger partial charge in [0.15, 0.2) is 0 Å². The standard InChI is InChI=1S/C17H21N3O6/c1-17(2,3)26-16(23)13(7-8-14(18)21)19-9-11-10(15(19)22)5-4-6-12(11)20(24)25/h4-6,13H,7-9H2,1-3H3,(H2,18,21)/t13-/m0/s1. The van der Waals surface area contributed by atoms with E-state index in [1.807, 2.05) is 0 Å². The number of rotatable bonds is 6. The van der Waals surface area contributed by atoms with Gasteiger partial charge in [-0.1, -0.05) is 6.07 Å². The summed E-state index contributed by atoms with van der Waals surface area (Å²) < 4.78 is 5.35. The second-order valence-electron chi connectivity index (χ2n) is 7.05. The third kappa shape index (κ3) is 4.16. The highest BCUT2D eigenvalue weighted by atomic mass is 16.6. The number of hydrogen-bond acceptors (Lipinski definition) is 6. The lowest BCUT2D eigenvalue weighted by atomic mass is 10.1.